The van der Waals surface area contributed by atoms with E-state index in [1.165, 1.54) is 0 Å². The lowest BCUT2D eigenvalue weighted by Crippen LogP contribution is -2.45. The van der Waals surface area contributed by atoms with E-state index in [0.717, 1.165) is 32.5 Å². The zero-order valence-electron chi connectivity index (χ0n) is 11.8. The molecule has 6 nitrogen and oxygen atoms in total. The van der Waals surface area contributed by atoms with Crippen molar-refractivity contribution >= 4 is 11.8 Å². The predicted octanol–water partition coefficient (Wildman–Crippen LogP) is 0.345. The third-order valence-corrected chi connectivity index (χ3v) is 3.50. The lowest BCUT2D eigenvalue weighted by atomic mass is 10.2. The summed E-state index contributed by atoms with van der Waals surface area (Å²) in [5.74, 6) is -0.619. The number of rotatable bonds is 6. The van der Waals surface area contributed by atoms with Crippen LogP contribution in [0.1, 0.15) is 30.3 Å². The van der Waals surface area contributed by atoms with E-state index in [0.29, 0.717) is 11.7 Å². The van der Waals surface area contributed by atoms with E-state index in [1.54, 1.807) is 18.3 Å². The van der Waals surface area contributed by atoms with E-state index in [2.05, 4.69) is 27.4 Å². The van der Waals surface area contributed by atoms with E-state index in [4.69, 9.17) is 0 Å². The predicted molar refractivity (Wildman–Crippen MR) is 76.4 cm³/mol. The number of carbonyl (C=O) groups is 2. The van der Waals surface area contributed by atoms with E-state index in [9.17, 15) is 9.59 Å². The minimum Gasteiger partial charge on any atom is -0.357 e. The molecule has 1 unspecified atom stereocenters. The van der Waals surface area contributed by atoms with Gasteiger partial charge in [0.15, 0.2) is 0 Å². The van der Waals surface area contributed by atoms with E-state index < -0.39 is 0 Å². The van der Waals surface area contributed by atoms with Crippen LogP contribution in [0.25, 0.3) is 0 Å². The molecule has 0 aliphatic carbocycles. The second-order valence-electron chi connectivity index (χ2n) is 5.08. The van der Waals surface area contributed by atoms with Crippen LogP contribution in [0.5, 0.6) is 0 Å². The molecule has 0 saturated carbocycles. The highest BCUT2D eigenvalue weighted by atomic mass is 16.2. The summed E-state index contributed by atoms with van der Waals surface area (Å²) in [5.41, 5.74) is 0.405. The van der Waals surface area contributed by atoms with Crippen molar-refractivity contribution in [3.05, 3.63) is 24.0 Å². The largest absolute Gasteiger partial charge is 0.357 e. The topological polar surface area (TPSA) is 77.2 Å². The molecule has 1 aromatic heterocycles. The summed E-state index contributed by atoms with van der Waals surface area (Å²) in [5, 5.41) is 5.73. The van der Waals surface area contributed by atoms with Gasteiger partial charge in [-0.1, -0.05) is 6.92 Å². The maximum absolute atomic E-state index is 12.0. The fourth-order valence-corrected chi connectivity index (χ4v) is 2.52. The summed E-state index contributed by atoms with van der Waals surface area (Å²) < 4.78 is 0. The monoisotopic (exact) mass is 278 g/mol. The first-order chi connectivity index (χ1) is 9.70. The zero-order chi connectivity index (χ0) is 14.4. The van der Waals surface area contributed by atoms with Gasteiger partial charge in [0.2, 0.25) is 5.91 Å². The van der Waals surface area contributed by atoms with Gasteiger partial charge in [0, 0.05) is 18.8 Å². The van der Waals surface area contributed by atoms with Crippen molar-refractivity contribution in [3.63, 3.8) is 0 Å². The number of aromatic amines is 1. The molecule has 1 atom stereocenters. The van der Waals surface area contributed by atoms with Crippen LogP contribution in [0.4, 0.5) is 0 Å². The number of hydrogen-bond donors (Lipinski definition) is 3. The number of nitrogens with one attached hydrogen (secondary N) is 3. The second kappa shape index (κ2) is 7.21. The summed E-state index contributed by atoms with van der Waals surface area (Å²) in [6.45, 7) is 5.15. The van der Waals surface area contributed by atoms with Crippen molar-refractivity contribution in [3.8, 4) is 0 Å². The lowest BCUT2D eigenvalue weighted by molar-refractivity contribution is -0.121. The van der Waals surface area contributed by atoms with Gasteiger partial charge in [0.1, 0.15) is 5.69 Å². The Morgan fingerprint density at radius 2 is 2.35 bits per heavy atom. The Labute approximate surface area is 118 Å². The Kier molecular flexibility index (Phi) is 5.31. The quantitative estimate of drug-likeness (QED) is 0.701. The maximum atomic E-state index is 12.0. The van der Waals surface area contributed by atoms with Gasteiger partial charge in [0.25, 0.3) is 5.91 Å². The van der Waals surface area contributed by atoms with Crippen LogP contribution in [0.2, 0.25) is 0 Å². The number of aromatic nitrogens is 1. The molecular formula is C14H22N4O2. The van der Waals surface area contributed by atoms with E-state index in [-0.39, 0.29) is 18.4 Å². The molecule has 1 fully saturated rings. The molecule has 0 spiro atoms. The average Bonchev–Trinajstić information content (AvgIpc) is 3.11. The third-order valence-electron chi connectivity index (χ3n) is 3.50. The van der Waals surface area contributed by atoms with Crippen molar-refractivity contribution in [2.45, 2.75) is 25.8 Å². The fraction of sp³-hybridized carbons (Fsp3) is 0.571. The highest BCUT2D eigenvalue weighted by Crippen LogP contribution is 2.08. The Hall–Kier alpha value is -1.66. The molecule has 6 heteroatoms. The first kappa shape index (κ1) is 14.7. The van der Waals surface area contributed by atoms with Gasteiger partial charge in [-0.25, -0.2) is 0 Å². The smallest absolute Gasteiger partial charge is 0.274 e. The molecule has 20 heavy (non-hydrogen) atoms. The molecule has 2 amide bonds. The number of H-pyrrole nitrogens is 1. The summed E-state index contributed by atoms with van der Waals surface area (Å²) in [6.07, 6.45) is 3.71. The fourth-order valence-electron chi connectivity index (χ4n) is 2.52. The van der Waals surface area contributed by atoms with Crippen molar-refractivity contribution in [1.82, 2.24) is 20.5 Å². The second-order valence-corrected chi connectivity index (χ2v) is 5.08. The number of nitrogens with zero attached hydrogens (tertiary/aromatic N) is 1. The number of hydrogen-bond acceptors (Lipinski definition) is 4. The first-order valence-corrected chi connectivity index (χ1v) is 7.13. The van der Waals surface area contributed by atoms with Gasteiger partial charge in [-0.2, -0.15) is 0 Å². The standard InChI is InChI=1S/C14H22N4O2/c1-2-8-18(11-5-7-15-9-11)10-13(19)17-14(20)12-4-3-6-16-12/h3-4,6,11,15-16H,2,5,7-10H2,1H3,(H,17,19,20). The minimum atomic E-state index is -0.374. The Morgan fingerprint density at radius 1 is 1.50 bits per heavy atom. The molecular weight excluding hydrogens is 256 g/mol. The summed E-state index contributed by atoms with van der Waals surface area (Å²) in [7, 11) is 0. The normalized spacial score (nSPS) is 18.4. The minimum absolute atomic E-state index is 0.245. The maximum Gasteiger partial charge on any atom is 0.274 e. The molecule has 1 aliphatic rings. The van der Waals surface area contributed by atoms with Gasteiger partial charge >= 0.3 is 0 Å². The number of amides is 2. The van der Waals surface area contributed by atoms with Gasteiger partial charge in [0.05, 0.1) is 6.54 Å². The van der Waals surface area contributed by atoms with Crippen molar-refractivity contribution < 1.29 is 9.59 Å². The molecule has 2 heterocycles. The molecule has 1 aromatic rings. The summed E-state index contributed by atoms with van der Waals surface area (Å²) >= 11 is 0. The van der Waals surface area contributed by atoms with Crippen LogP contribution in [0.3, 0.4) is 0 Å². The number of imide groups is 1. The first-order valence-electron chi connectivity index (χ1n) is 7.13. The third kappa shape index (κ3) is 3.91. The highest BCUT2D eigenvalue weighted by molar-refractivity contribution is 6.04. The molecule has 0 aromatic carbocycles. The van der Waals surface area contributed by atoms with Crippen molar-refractivity contribution in [2.24, 2.45) is 0 Å². The molecule has 110 valence electrons. The van der Waals surface area contributed by atoms with Crippen LogP contribution >= 0.6 is 0 Å². The molecule has 0 bridgehead atoms. The molecule has 1 saturated heterocycles. The van der Waals surface area contributed by atoms with Crippen molar-refractivity contribution in [1.29, 1.82) is 0 Å². The highest BCUT2D eigenvalue weighted by Gasteiger charge is 2.24. The Bertz CT molecular complexity index is 438. The van der Waals surface area contributed by atoms with E-state index >= 15 is 0 Å². The average molecular weight is 278 g/mol. The van der Waals surface area contributed by atoms with Crippen LogP contribution in [-0.4, -0.2) is 53.9 Å². The van der Waals surface area contributed by atoms with Crippen LogP contribution < -0.4 is 10.6 Å². The van der Waals surface area contributed by atoms with E-state index in [1.807, 2.05) is 0 Å². The summed E-state index contributed by atoms with van der Waals surface area (Å²) in [4.78, 5) is 28.7. The number of carbonyl (C=O) groups excluding carboxylic acids is 2. The molecule has 2 rings (SSSR count). The van der Waals surface area contributed by atoms with Gasteiger partial charge in [-0.3, -0.25) is 19.8 Å². The van der Waals surface area contributed by atoms with Crippen molar-refractivity contribution in [2.75, 3.05) is 26.2 Å². The van der Waals surface area contributed by atoms with Gasteiger partial charge in [-0.05, 0) is 38.1 Å². The zero-order valence-corrected chi connectivity index (χ0v) is 11.8. The Balaban J connectivity index is 1.86. The van der Waals surface area contributed by atoms with Crippen LogP contribution in [-0.2, 0) is 4.79 Å². The molecule has 3 N–H and O–H groups in total. The van der Waals surface area contributed by atoms with Gasteiger partial charge in [-0.15, -0.1) is 0 Å². The lowest BCUT2D eigenvalue weighted by Gasteiger charge is -2.26. The molecule has 1 aliphatic heterocycles. The van der Waals surface area contributed by atoms with Crippen LogP contribution in [0.15, 0.2) is 18.3 Å². The summed E-state index contributed by atoms with van der Waals surface area (Å²) in [6, 6.07) is 3.77. The van der Waals surface area contributed by atoms with Crippen LogP contribution in [0, 0.1) is 0 Å². The SMILES string of the molecule is CCCN(CC(=O)NC(=O)c1ccc[nH]1)C1CCNC1. The molecule has 0 radical (unpaired) electrons. The van der Waals surface area contributed by atoms with Gasteiger partial charge < -0.3 is 10.3 Å². The Morgan fingerprint density at radius 3 is 2.95 bits per heavy atom.